The molecule has 0 bridgehead atoms. The third-order valence-electron chi connectivity index (χ3n) is 4.91. The Labute approximate surface area is 127 Å². The fraction of sp³-hybridized carbons (Fsp3) is 0.588. The SMILES string of the molecule is CN(CC=O)C1CCN(c2cccc3c2CCNC3)CC1. The number of carbonyl (C=O) groups is 1. The highest BCUT2D eigenvalue weighted by Crippen LogP contribution is 2.29. The Bertz CT molecular complexity index is 495. The topological polar surface area (TPSA) is 35.6 Å². The van der Waals surface area contributed by atoms with Crippen LogP contribution in [-0.2, 0) is 17.8 Å². The summed E-state index contributed by atoms with van der Waals surface area (Å²) in [5.74, 6) is 0. The third kappa shape index (κ3) is 3.11. The molecule has 3 rings (SSSR count). The van der Waals surface area contributed by atoms with E-state index in [0.29, 0.717) is 12.6 Å². The van der Waals surface area contributed by atoms with Gasteiger partial charge in [-0.15, -0.1) is 0 Å². The highest BCUT2D eigenvalue weighted by atomic mass is 16.1. The van der Waals surface area contributed by atoms with Gasteiger partial charge < -0.3 is 15.0 Å². The van der Waals surface area contributed by atoms with Crippen LogP contribution in [0.15, 0.2) is 18.2 Å². The fourth-order valence-electron chi connectivity index (χ4n) is 3.62. The largest absolute Gasteiger partial charge is 0.371 e. The summed E-state index contributed by atoms with van der Waals surface area (Å²) in [5.41, 5.74) is 4.43. The second-order valence-corrected chi connectivity index (χ2v) is 6.17. The average Bonchev–Trinajstić information content (AvgIpc) is 2.55. The Morgan fingerprint density at radius 1 is 1.38 bits per heavy atom. The molecule has 114 valence electrons. The number of hydrogen-bond donors (Lipinski definition) is 1. The van der Waals surface area contributed by atoms with Gasteiger partial charge in [-0.3, -0.25) is 4.90 Å². The van der Waals surface area contributed by atoms with Crippen LogP contribution < -0.4 is 10.2 Å². The number of anilines is 1. The van der Waals surface area contributed by atoms with Crippen LogP contribution in [0.5, 0.6) is 0 Å². The van der Waals surface area contributed by atoms with Gasteiger partial charge in [0.25, 0.3) is 0 Å². The maximum atomic E-state index is 10.6. The Hall–Kier alpha value is -1.39. The van der Waals surface area contributed by atoms with E-state index in [2.05, 4.69) is 40.4 Å². The molecule has 1 fully saturated rings. The lowest BCUT2D eigenvalue weighted by Gasteiger charge is -2.38. The number of fused-ring (bicyclic) bond motifs is 1. The minimum absolute atomic E-state index is 0.549. The van der Waals surface area contributed by atoms with Crippen molar-refractivity contribution in [3.63, 3.8) is 0 Å². The molecule has 1 N–H and O–H groups in total. The van der Waals surface area contributed by atoms with Crippen LogP contribution >= 0.6 is 0 Å². The number of rotatable bonds is 4. The molecule has 0 aliphatic carbocycles. The lowest BCUT2D eigenvalue weighted by Crippen LogP contribution is -2.44. The molecule has 0 spiro atoms. The van der Waals surface area contributed by atoms with Gasteiger partial charge in [-0.2, -0.15) is 0 Å². The molecule has 1 aromatic rings. The first-order valence-corrected chi connectivity index (χ1v) is 8.00. The van der Waals surface area contributed by atoms with Crippen molar-refractivity contribution < 1.29 is 4.79 Å². The quantitative estimate of drug-likeness (QED) is 0.850. The summed E-state index contributed by atoms with van der Waals surface area (Å²) >= 11 is 0. The van der Waals surface area contributed by atoms with E-state index in [-0.39, 0.29) is 0 Å². The molecule has 2 aliphatic heterocycles. The van der Waals surface area contributed by atoms with Gasteiger partial charge >= 0.3 is 0 Å². The minimum Gasteiger partial charge on any atom is -0.371 e. The van der Waals surface area contributed by atoms with Gasteiger partial charge in [0, 0.05) is 31.4 Å². The van der Waals surface area contributed by atoms with Crippen molar-refractivity contribution >= 4 is 12.0 Å². The van der Waals surface area contributed by atoms with Crippen molar-refractivity contribution in [2.45, 2.75) is 31.8 Å². The molecule has 1 aromatic carbocycles. The molecule has 2 heterocycles. The van der Waals surface area contributed by atoms with Gasteiger partial charge in [0.15, 0.2) is 0 Å². The number of benzene rings is 1. The highest BCUT2D eigenvalue weighted by molar-refractivity contribution is 5.58. The Balaban J connectivity index is 1.68. The number of hydrogen-bond acceptors (Lipinski definition) is 4. The van der Waals surface area contributed by atoms with Gasteiger partial charge in [0.05, 0.1) is 6.54 Å². The number of nitrogens with zero attached hydrogens (tertiary/aromatic N) is 2. The van der Waals surface area contributed by atoms with Gasteiger partial charge in [-0.25, -0.2) is 0 Å². The molecule has 0 amide bonds. The smallest absolute Gasteiger partial charge is 0.133 e. The molecular formula is C17H25N3O. The minimum atomic E-state index is 0.549. The lowest BCUT2D eigenvalue weighted by atomic mass is 9.96. The summed E-state index contributed by atoms with van der Waals surface area (Å²) in [7, 11) is 2.06. The number of carbonyl (C=O) groups excluding carboxylic acids is 1. The summed E-state index contributed by atoms with van der Waals surface area (Å²) in [6.45, 7) is 4.83. The summed E-state index contributed by atoms with van der Waals surface area (Å²) in [6.07, 6.45) is 4.43. The number of likely N-dealkylation sites (N-methyl/N-ethyl adjacent to an activating group) is 1. The molecule has 0 saturated carbocycles. The molecule has 1 saturated heterocycles. The van der Waals surface area contributed by atoms with E-state index < -0.39 is 0 Å². The maximum Gasteiger partial charge on any atom is 0.133 e. The predicted molar refractivity (Wildman–Crippen MR) is 85.8 cm³/mol. The van der Waals surface area contributed by atoms with Crippen molar-refractivity contribution in [1.29, 1.82) is 0 Å². The molecule has 0 aromatic heterocycles. The van der Waals surface area contributed by atoms with Gasteiger partial charge in [0.2, 0.25) is 0 Å². The Morgan fingerprint density at radius 3 is 2.95 bits per heavy atom. The van der Waals surface area contributed by atoms with Crippen LogP contribution in [0.1, 0.15) is 24.0 Å². The summed E-state index contributed by atoms with van der Waals surface area (Å²) in [4.78, 5) is 15.4. The van der Waals surface area contributed by atoms with Crippen LogP contribution in [0.4, 0.5) is 5.69 Å². The molecule has 0 radical (unpaired) electrons. The maximum absolute atomic E-state index is 10.6. The van der Waals surface area contributed by atoms with Crippen LogP contribution in [0.25, 0.3) is 0 Å². The van der Waals surface area contributed by atoms with Crippen molar-refractivity contribution in [3.05, 3.63) is 29.3 Å². The summed E-state index contributed by atoms with van der Waals surface area (Å²) in [5, 5.41) is 3.45. The van der Waals surface area contributed by atoms with E-state index in [1.165, 1.54) is 16.8 Å². The second-order valence-electron chi connectivity index (χ2n) is 6.17. The highest BCUT2D eigenvalue weighted by Gasteiger charge is 2.24. The molecular weight excluding hydrogens is 262 g/mol. The van der Waals surface area contributed by atoms with Crippen molar-refractivity contribution in [1.82, 2.24) is 10.2 Å². The zero-order valence-electron chi connectivity index (χ0n) is 12.8. The Morgan fingerprint density at radius 2 is 2.19 bits per heavy atom. The summed E-state index contributed by atoms with van der Waals surface area (Å²) in [6, 6.07) is 7.26. The van der Waals surface area contributed by atoms with Crippen molar-refractivity contribution in [3.8, 4) is 0 Å². The third-order valence-corrected chi connectivity index (χ3v) is 4.91. The second kappa shape index (κ2) is 6.58. The van der Waals surface area contributed by atoms with E-state index in [0.717, 1.165) is 51.7 Å². The molecule has 0 atom stereocenters. The molecule has 21 heavy (non-hydrogen) atoms. The predicted octanol–water partition coefficient (Wildman–Crippen LogP) is 1.43. The Kier molecular flexibility index (Phi) is 4.56. The summed E-state index contributed by atoms with van der Waals surface area (Å²) < 4.78 is 0. The molecule has 0 unspecified atom stereocenters. The standard InChI is InChI=1S/C17H25N3O/c1-19(11-12-21)15-6-9-20(10-7-15)17-4-2-3-14-13-18-8-5-16(14)17/h2-4,12,15,18H,5-11,13H2,1H3. The lowest BCUT2D eigenvalue weighted by molar-refractivity contribution is -0.109. The van der Waals surface area contributed by atoms with Crippen LogP contribution in [-0.4, -0.2) is 50.5 Å². The monoisotopic (exact) mass is 287 g/mol. The van der Waals surface area contributed by atoms with Crippen LogP contribution in [0.2, 0.25) is 0 Å². The van der Waals surface area contributed by atoms with Gasteiger partial charge in [-0.1, -0.05) is 12.1 Å². The molecule has 4 heteroatoms. The van der Waals surface area contributed by atoms with Crippen LogP contribution in [0, 0.1) is 0 Å². The molecule has 4 nitrogen and oxygen atoms in total. The average molecular weight is 287 g/mol. The zero-order valence-corrected chi connectivity index (χ0v) is 12.8. The van der Waals surface area contributed by atoms with Crippen LogP contribution in [0.3, 0.4) is 0 Å². The first-order valence-electron chi connectivity index (χ1n) is 8.00. The first-order chi connectivity index (χ1) is 10.3. The fourth-order valence-corrected chi connectivity index (χ4v) is 3.62. The first kappa shape index (κ1) is 14.5. The van der Waals surface area contributed by atoms with E-state index in [1.54, 1.807) is 0 Å². The zero-order chi connectivity index (χ0) is 14.7. The van der Waals surface area contributed by atoms with E-state index >= 15 is 0 Å². The molecule has 2 aliphatic rings. The van der Waals surface area contributed by atoms with Gasteiger partial charge in [0.1, 0.15) is 6.29 Å². The number of nitrogens with one attached hydrogen (secondary N) is 1. The normalized spacial score (nSPS) is 19.6. The van der Waals surface area contributed by atoms with E-state index in [4.69, 9.17) is 0 Å². The number of piperidine rings is 1. The number of aldehydes is 1. The van der Waals surface area contributed by atoms with Crippen molar-refractivity contribution in [2.75, 3.05) is 38.1 Å². The van der Waals surface area contributed by atoms with Gasteiger partial charge in [-0.05, 0) is 50.0 Å². The van der Waals surface area contributed by atoms with E-state index in [1.807, 2.05) is 0 Å². The van der Waals surface area contributed by atoms with E-state index in [9.17, 15) is 4.79 Å². The van der Waals surface area contributed by atoms with Crippen molar-refractivity contribution in [2.24, 2.45) is 0 Å².